The average molecular weight is 225 g/mol. The highest BCUT2D eigenvalue weighted by molar-refractivity contribution is 5.74. The van der Waals surface area contributed by atoms with E-state index in [-0.39, 0.29) is 12.2 Å². The van der Waals surface area contributed by atoms with E-state index in [1.54, 1.807) is 6.92 Å². The molecule has 0 saturated carbocycles. The van der Waals surface area contributed by atoms with E-state index in [1.165, 1.54) is 0 Å². The first-order chi connectivity index (χ1) is 7.58. The maximum Gasteiger partial charge on any atom is 0.323 e. The van der Waals surface area contributed by atoms with Gasteiger partial charge in [0, 0.05) is 6.54 Å². The zero-order chi connectivity index (χ0) is 11.7. The molecule has 0 aliphatic carbocycles. The third-order valence-corrected chi connectivity index (χ3v) is 2.72. The first-order valence-corrected chi connectivity index (χ1v) is 5.26. The molecule has 5 heteroatoms. The van der Waals surface area contributed by atoms with E-state index in [9.17, 15) is 4.79 Å². The van der Waals surface area contributed by atoms with E-state index < -0.39 is 12.0 Å². The third-order valence-electron chi connectivity index (χ3n) is 2.72. The first-order valence-electron chi connectivity index (χ1n) is 5.26. The number of carbonyl (C=O) groups is 1. The van der Waals surface area contributed by atoms with Gasteiger partial charge in [-0.25, -0.2) is 0 Å². The lowest BCUT2D eigenvalue weighted by Crippen LogP contribution is -2.52. The highest BCUT2D eigenvalue weighted by Gasteiger charge is 2.34. The lowest BCUT2D eigenvalue weighted by molar-refractivity contribution is -0.150. The number of aryl methyl sites for hydroxylation is 1. The lowest BCUT2D eigenvalue weighted by atomic mass is 10.1. The molecule has 16 heavy (non-hydrogen) atoms. The van der Waals surface area contributed by atoms with Gasteiger partial charge in [-0.2, -0.15) is 0 Å². The lowest BCUT2D eigenvalue weighted by Gasteiger charge is -2.32. The zero-order valence-corrected chi connectivity index (χ0v) is 9.27. The summed E-state index contributed by atoms with van der Waals surface area (Å²) in [5.41, 5.74) is 0. The molecule has 2 N–H and O–H groups in total. The minimum atomic E-state index is -0.887. The van der Waals surface area contributed by atoms with E-state index in [0.717, 1.165) is 11.5 Å². The Morgan fingerprint density at radius 3 is 2.81 bits per heavy atom. The van der Waals surface area contributed by atoms with Crippen LogP contribution >= 0.6 is 0 Å². The molecular formula is C11H15NO4. The van der Waals surface area contributed by atoms with Crippen LogP contribution in [0.5, 0.6) is 0 Å². The van der Waals surface area contributed by atoms with Crippen LogP contribution in [-0.2, 0) is 9.53 Å². The Morgan fingerprint density at radius 1 is 1.56 bits per heavy atom. The van der Waals surface area contributed by atoms with Gasteiger partial charge in [-0.15, -0.1) is 0 Å². The van der Waals surface area contributed by atoms with Gasteiger partial charge in [0.15, 0.2) is 0 Å². The molecular weight excluding hydrogens is 210 g/mol. The van der Waals surface area contributed by atoms with E-state index in [1.807, 2.05) is 19.1 Å². The molecule has 5 nitrogen and oxygen atoms in total. The predicted octanol–water partition coefficient (Wildman–Crippen LogP) is 1.09. The van der Waals surface area contributed by atoms with Crippen molar-refractivity contribution in [1.82, 2.24) is 5.32 Å². The fourth-order valence-electron chi connectivity index (χ4n) is 1.87. The molecule has 1 aromatic heterocycles. The Labute approximate surface area is 93.4 Å². The second-order valence-corrected chi connectivity index (χ2v) is 4.00. The number of carboxylic acid groups (broad SMARTS) is 1. The SMILES string of the molecule is Cc1ccc(C2CNC(C(=O)O)C(C)O2)o1. The number of hydrogen-bond acceptors (Lipinski definition) is 4. The summed E-state index contributed by atoms with van der Waals surface area (Å²) in [7, 11) is 0. The van der Waals surface area contributed by atoms with Crippen molar-refractivity contribution in [3.8, 4) is 0 Å². The van der Waals surface area contributed by atoms with Gasteiger partial charge < -0.3 is 14.3 Å². The fourth-order valence-corrected chi connectivity index (χ4v) is 1.87. The summed E-state index contributed by atoms with van der Waals surface area (Å²) in [6, 6.07) is 3.08. The molecule has 3 atom stereocenters. The van der Waals surface area contributed by atoms with Crippen molar-refractivity contribution in [2.75, 3.05) is 6.54 Å². The second-order valence-electron chi connectivity index (χ2n) is 4.00. The van der Waals surface area contributed by atoms with Gasteiger partial charge in [0.2, 0.25) is 0 Å². The van der Waals surface area contributed by atoms with E-state index in [4.69, 9.17) is 14.3 Å². The van der Waals surface area contributed by atoms with Gasteiger partial charge in [0.05, 0.1) is 6.10 Å². The minimum absolute atomic E-state index is 0.209. The second kappa shape index (κ2) is 4.27. The number of aliphatic carboxylic acids is 1. The molecule has 1 fully saturated rings. The largest absolute Gasteiger partial charge is 0.480 e. The first kappa shape index (κ1) is 11.2. The van der Waals surface area contributed by atoms with Crippen molar-refractivity contribution in [3.63, 3.8) is 0 Å². The number of hydrogen-bond donors (Lipinski definition) is 2. The number of ether oxygens (including phenoxy) is 1. The Morgan fingerprint density at radius 2 is 2.31 bits per heavy atom. The smallest absolute Gasteiger partial charge is 0.323 e. The van der Waals surface area contributed by atoms with Gasteiger partial charge in [-0.05, 0) is 26.0 Å². The Kier molecular flexibility index (Phi) is 2.98. The summed E-state index contributed by atoms with van der Waals surface area (Å²) in [5.74, 6) is 0.675. The standard InChI is InChI=1S/C11H15NO4/c1-6-3-4-8(15-6)9-5-12-10(11(13)14)7(2)16-9/h3-4,7,9-10,12H,5H2,1-2H3,(H,13,14). The zero-order valence-electron chi connectivity index (χ0n) is 9.27. The number of morpholine rings is 1. The molecule has 0 spiro atoms. The van der Waals surface area contributed by atoms with E-state index in [2.05, 4.69) is 5.32 Å². The normalized spacial score (nSPS) is 30.2. The minimum Gasteiger partial charge on any atom is -0.480 e. The quantitative estimate of drug-likeness (QED) is 0.788. The molecule has 3 unspecified atom stereocenters. The molecule has 1 aliphatic heterocycles. The van der Waals surface area contributed by atoms with Crippen molar-refractivity contribution >= 4 is 5.97 Å². The maximum absolute atomic E-state index is 10.8. The molecule has 2 rings (SSSR count). The summed E-state index contributed by atoms with van der Waals surface area (Å²) >= 11 is 0. The molecule has 1 saturated heterocycles. The predicted molar refractivity (Wildman–Crippen MR) is 56.2 cm³/mol. The number of rotatable bonds is 2. The van der Waals surface area contributed by atoms with Gasteiger partial charge >= 0.3 is 5.97 Å². The van der Waals surface area contributed by atoms with Crippen molar-refractivity contribution in [2.24, 2.45) is 0 Å². The van der Waals surface area contributed by atoms with Gasteiger partial charge in [0.1, 0.15) is 23.7 Å². The summed E-state index contributed by atoms with van der Waals surface area (Å²) in [6.45, 7) is 4.06. The van der Waals surface area contributed by atoms with Crippen LogP contribution in [0.15, 0.2) is 16.5 Å². The molecule has 1 aliphatic rings. The van der Waals surface area contributed by atoms with Crippen LogP contribution in [0, 0.1) is 6.92 Å². The van der Waals surface area contributed by atoms with Crippen LogP contribution in [0.25, 0.3) is 0 Å². The molecule has 1 aromatic rings. The van der Waals surface area contributed by atoms with Crippen LogP contribution in [0.3, 0.4) is 0 Å². The van der Waals surface area contributed by atoms with Crippen LogP contribution in [-0.4, -0.2) is 29.8 Å². The van der Waals surface area contributed by atoms with Crippen molar-refractivity contribution in [3.05, 3.63) is 23.7 Å². The summed E-state index contributed by atoms with van der Waals surface area (Å²) in [5, 5.41) is 11.8. The van der Waals surface area contributed by atoms with E-state index >= 15 is 0 Å². The fraction of sp³-hybridized carbons (Fsp3) is 0.545. The van der Waals surface area contributed by atoms with Crippen LogP contribution in [0.1, 0.15) is 24.5 Å². The van der Waals surface area contributed by atoms with Crippen molar-refractivity contribution in [1.29, 1.82) is 0 Å². The van der Waals surface area contributed by atoms with E-state index in [0.29, 0.717) is 6.54 Å². The molecule has 2 heterocycles. The van der Waals surface area contributed by atoms with Crippen LogP contribution < -0.4 is 5.32 Å². The van der Waals surface area contributed by atoms with Crippen LogP contribution in [0.4, 0.5) is 0 Å². The monoisotopic (exact) mass is 225 g/mol. The molecule has 0 amide bonds. The van der Waals surface area contributed by atoms with Gasteiger partial charge in [-0.1, -0.05) is 0 Å². The summed E-state index contributed by atoms with van der Waals surface area (Å²) in [6.07, 6.45) is -0.582. The highest BCUT2D eigenvalue weighted by atomic mass is 16.5. The highest BCUT2D eigenvalue weighted by Crippen LogP contribution is 2.25. The average Bonchev–Trinajstić information content (AvgIpc) is 2.64. The van der Waals surface area contributed by atoms with Gasteiger partial charge in [-0.3, -0.25) is 10.1 Å². The Hall–Kier alpha value is -1.33. The molecule has 0 aromatic carbocycles. The maximum atomic E-state index is 10.8. The Bertz CT molecular complexity index is 387. The number of carboxylic acids is 1. The third kappa shape index (κ3) is 2.10. The molecule has 88 valence electrons. The van der Waals surface area contributed by atoms with Crippen molar-refractivity contribution in [2.45, 2.75) is 32.1 Å². The Balaban J connectivity index is 2.05. The summed E-state index contributed by atoms with van der Waals surface area (Å²) in [4.78, 5) is 10.8. The van der Waals surface area contributed by atoms with Crippen LogP contribution in [0.2, 0.25) is 0 Å². The van der Waals surface area contributed by atoms with Gasteiger partial charge in [0.25, 0.3) is 0 Å². The summed E-state index contributed by atoms with van der Waals surface area (Å²) < 4.78 is 11.1. The topological polar surface area (TPSA) is 71.7 Å². The van der Waals surface area contributed by atoms with Crippen molar-refractivity contribution < 1.29 is 19.1 Å². The number of furan rings is 1. The molecule has 0 radical (unpaired) electrons. The molecule has 0 bridgehead atoms. The number of nitrogens with one attached hydrogen (secondary N) is 1.